The predicted octanol–water partition coefficient (Wildman–Crippen LogP) is 2.38. The van der Waals surface area contributed by atoms with Crippen LogP contribution in [0.5, 0.6) is 5.75 Å². The van der Waals surface area contributed by atoms with Crippen molar-refractivity contribution in [2.75, 3.05) is 0 Å². The first-order valence-corrected chi connectivity index (χ1v) is 6.96. The molecule has 1 aromatic rings. The molecule has 0 spiro atoms. The first-order valence-electron chi connectivity index (χ1n) is 6.96. The zero-order valence-electron chi connectivity index (χ0n) is 12.7. The van der Waals surface area contributed by atoms with E-state index in [1.54, 1.807) is 25.1 Å². The summed E-state index contributed by atoms with van der Waals surface area (Å²) in [5.41, 5.74) is 0.466. The molecule has 0 aliphatic carbocycles. The van der Waals surface area contributed by atoms with Crippen molar-refractivity contribution in [3.63, 3.8) is 0 Å². The number of hydrogen-bond acceptors (Lipinski definition) is 3. The van der Waals surface area contributed by atoms with Crippen LogP contribution in [0.3, 0.4) is 0 Å². The molecule has 7 heteroatoms. The topological polar surface area (TPSA) is 67.4 Å². The van der Waals surface area contributed by atoms with E-state index in [0.29, 0.717) is 12.0 Å². The maximum absolute atomic E-state index is 12.4. The Kier molecular flexibility index (Phi) is 6.75. The summed E-state index contributed by atoms with van der Waals surface area (Å²) in [4.78, 5) is 23.0. The van der Waals surface area contributed by atoms with Crippen LogP contribution in [-0.4, -0.2) is 24.5 Å². The lowest BCUT2D eigenvalue weighted by Gasteiger charge is -2.22. The molecule has 22 heavy (non-hydrogen) atoms. The Bertz CT molecular complexity index is 523. The number of alkyl halides is 2. The fourth-order valence-corrected chi connectivity index (χ4v) is 2.04. The van der Waals surface area contributed by atoms with Gasteiger partial charge in [-0.1, -0.05) is 25.1 Å². The average molecular weight is 314 g/mol. The summed E-state index contributed by atoms with van der Waals surface area (Å²) in [5, 5.41) is 5.19. The van der Waals surface area contributed by atoms with E-state index in [2.05, 4.69) is 15.4 Å². The zero-order valence-corrected chi connectivity index (χ0v) is 12.7. The highest BCUT2D eigenvalue weighted by Crippen LogP contribution is 2.28. The molecule has 2 N–H and O–H groups in total. The van der Waals surface area contributed by atoms with Gasteiger partial charge in [0.25, 0.3) is 0 Å². The van der Waals surface area contributed by atoms with Gasteiger partial charge in [-0.2, -0.15) is 8.78 Å². The van der Waals surface area contributed by atoms with Gasteiger partial charge < -0.3 is 15.4 Å². The van der Waals surface area contributed by atoms with Crippen LogP contribution >= 0.6 is 0 Å². The van der Waals surface area contributed by atoms with Crippen molar-refractivity contribution in [1.82, 2.24) is 10.6 Å². The number of ether oxygens (including phenoxy) is 1. The quantitative estimate of drug-likeness (QED) is 0.812. The second kappa shape index (κ2) is 8.31. The van der Waals surface area contributed by atoms with Gasteiger partial charge in [0.2, 0.25) is 11.8 Å². The monoisotopic (exact) mass is 314 g/mol. The SMILES string of the molecule is CCC(NC(=O)C(C)NC(C)=O)c1ccccc1OC(F)F. The lowest BCUT2D eigenvalue weighted by molar-refractivity contribution is -0.128. The van der Waals surface area contributed by atoms with Gasteiger partial charge >= 0.3 is 6.61 Å². The molecule has 0 aliphatic rings. The van der Waals surface area contributed by atoms with E-state index in [9.17, 15) is 18.4 Å². The molecule has 0 bridgehead atoms. The third-order valence-corrected chi connectivity index (χ3v) is 3.05. The minimum atomic E-state index is -2.94. The summed E-state index contributed by atoms with van der Waals surface area (Å²) in [6.45, 7) is 1.73. The van der Waals surface area contributed by atoms with Crippen molar-refractivity contribution in [1.29, 1.82) is 0 Å². The number of benzene rings is 1. The Morgan fingerprint density at radius 3 is 2.41 bits per heavy atom. The Morgan fingerprint density at radius 1 is 1.23 bits per heavy atom. The van der Waals surface area contributed by atoms with Crippen molar-refractivity contribution < 1.29 is 23.1 Å². The van der Waals surface area contributed by atoms with E-state index in [0.717, 1.165) is 0 Å². The van der Waals surface area contributed by atoms with Crippen LogP contribution in [-0.2, 0) is 9.59 Å². The first kappa shape index (κ1) is 17.9. The third kappa shape index (κ3) is 5.31. The highest BCUT2D eigenvalue weighted by atomic mass is 19.3. The lowest BCUT2D eigenvalue weighted by atomic mass is 10.0. The van der Waals surface area contributed by atoms with Crippen molar-refractivity contribution in [3.05, 3.63) is 29.8 Å². The minimum absolute atomic E-state index is 0.0248. The van der Waals surface area contributed by atoms with Crippen molar-refractivity contribution >= 4 is 11.8 Å². The molecule has 0 saturated heterocycles. The number of amides is 2. The molecule has 0 aliphatic heterocycles. The van der Waals surface area contributed by atoms with E-state index in [-0.39, 0.29) is 11.7 Å². The molecule has 1 rings (SSSR count). The molecular weight excluding hydrogens is 294 g/mol. The second-order valence-corrected chi connectivity index (χ2v) is 4.81. The van der Waals surface area contributed by atoms with E-state index in [1.165, 1.54) is 13.0 Å². The van der Waals surface area contributed by atoms with Crippen LogP contribution in [0.2, 0.25) is 0 Å². The van der Waals surface area contributed by atoms with Crippen LogP contribution < -0.4 is 15.4 Å². The summed E-state index contributed by atoms with van der Waals surface area (Å²) in [6, 6.07) is 5.10. The Morgan fingerprint density at radius 2 is 1.86 bits per heavy atom. The van der Waals surface area contributed by atoms with E-state index >= 15 is 0 Å². The lowest BCUT2D eigenvalue weighted by Crippen LogP contribution is -2.45. The minimum Gasteiger partial charge on any atom is -0.434 e. The molecule has 0 saturated carbocycles. The van der Waals surface area contributed by atoms with Crippen molar-refractivity contribution in [2.24, 2.45) is 0 Å². The summed E-state index contributed by atoms with van der Waals surface area (Å²) in [7, 11) is 0. The van der Waals surface area contributed by atoms with Crippen LogP contribution in [0.15, 0.2) is 24.3 Å². The van der Waals surface area contributed by atoms with Gasteiger partial charge in [-0.15, -0.1) is 0 Å². The number of para-hydroxylation sites is 1. The highest BCUT2D eigenvalue weighted by Gasteiger charge is 2.21. The normalized spacial score (nSPS) is 13.4. The highest BCUT2D eigenvalue weighted by molar-refractivity contribution is 5.86. The fourth-order valence-electron chi connectivity index (χ4n) is 2.04. The molecule has 1 aromatic carbocycles. The number of halogens is 2. The largest absolute Gasteiger partial charge is 0.434 e. The molecule has 0 heterocycles. The first-order chi connectivity index (χ1) is 10.3. The van der Waals surface area contributed by atoms with E-state index < -0.39 is 24.6 Å². The van der Waals surface area contributed by atoms with Gasteiger partial charge in [0.05, 0.1) is 6.04 Å². The van der Waals surface area contributed by atoms with Crippen LogP contribution in [0, 0.1) is 0 Å². The van der Waals surface area contributed by atoms with Gasteiger partial charge in [-0.3, -0.25) is 9.59 Å². The zero-order chi connectivity index (χ0) is 16.7. The molecule has 2 amide bonds. The molecule has 0 radical (unpaired) electrons. The summed E-state index contributed by atoms with van der Waals surface area (Å²) >= 11 is 0. The second-order valence-electron chi connectivity index (χ2n) is 4.81. The van der Waals surface area contributed by atoms with Crippen molar-refractivity contribution in [3.8, 4) is 5.75 Å². The maximum Gasteiger partial charge on any atom is 0.387 e. The molecule has 2 unspecified atom stereocenters. The standard InChI is InChI=1S/C15H20F2N2O3/c1-4-12(19-14(21)9(2)18-10(3)20)11-7-5-6-8-13(11)22-15(16)17/h5-9,12,15H,4H2,1-3H3,(H,18,20)(H,19,21). The molecule has 2 atom stereocenters. The third-order valence-electron chi connectivity index (χ3n) is 3.05. The maximum atomic E-state index is 12.4. The van der Waals surface area contributed by atoms with Gasteiger partial charge in [0.15, 0.2) is 0 Å². The Hall–Kier alpha value is -2.18. The van der Waals surface area contributed by atoms with Crippen LogP contribution in [0.25, 0.3) is 0 Å². The number of hydrogen-bond donors (Lipinski definition) is 2. The Labute approximate surface area is 128 Å². The predicted molar refractivity (Wildman–Crippen MR) is 77.5 cm³/mol. The molecule has 5 nitrogen and oxygen atoms in total. The van der Waals surface area contributed by atoms with Crippen molar-refractivity contribution in [2.45, 2.75) is 45.9 Å². The molecule has 0 aromatic heterocycles. The van der Waals surface area contributed by atoms with Gasteiger partial charge in [0.1, 0.15) is 11.8 Å². The molecule has 0 fully saturated rings. The van der Waals surface area contributed by atoms with Gasteiger partial charge in [-0.25, -0.2) is 0 Å². The Balaban J connectivity index is 2.88. The number of carbonyl (C=O) groups is 2. The van der Waals surface area contributed by atoms with Crippen LogP contribution in [0.4, 0.5) is 8.78 Å². The summed E-state index contributed by atoms with van der Waals surface area (Å²) < 4.78 is 29.4. The van der Waals surface area contributed by atoms with Crippen LogP contribution in [0.1, 0.15) is 38.8 Å². The van der Waals surface area contributed by atoms with E-state index in [1.807, 2.05) is 6.92 Å². The summed E-state index contributed by atoms with van der Waals surface area (Å²) in [6.07, 6.45) is 0.488. The molecule has 122 valence electrons. The smallest absolute Gasteiger partial charge is 0.387 e. The van der Waals surface area contributed by atoms with Gasteiger partial charge in [-0.05, 0) is 19.4 Å². The van der Waals surface area contributed by atoms with E-state index in [4.69, 9.17) is 0 Å². The summed E-state index contributed by atoms with van der Waals surface area (Å²) in [5.74, 6) is -0.692. The molecular formula is C15H20F2N2O3. The fraction of sp³-hybridized carbons (Fsp3) is 0.467. The number of carbonyl (C=O) groups excluding carboxylic acids is 2. The average Bonchev–Trinajstić information content (AvgIpc) is 2.44. The number of nitrogens with one attached hydrogen (secondary N) is 2. The number of rotatable bonds is 7. The van der Waals surface area contributed by atoms with Gasteiger partial charge in [0, 0.05) is 12.5 Å².